The van der Waals surface area contributed by atoms with E-state index in [1.54, 1.807) is 6.92 Å². The first-order chi connectivity index (χ1) is 12.9. The molecule has 2 rings (SSSR count). The highest BCUT2D eigenvalue weighted by atomic mass is 127. The van der Waals surface area contributed by atoms with Gasteiger partial charge in [0.2, 0.25) is 0 Å². The Kier molecular flexibility index (Phi) is 9.94. The van der Waals surface area contributed by atoms with E-state index in [0.717, 1.165) is 22.6 Å². The minimum absolute atomic E-state index is 0. The fraction of sp³-hybridized carbons (Fsp3) is 0.474. The van der Waals surface area contributed by atoms with Crippen molar-refractivity contribution >= 4 is 39.8 Å². The van der Waals surface area contributed by atoms with Crippen molar-refractivity contribution < 1.29 is 8.42 Å². The van der Waals surface area contributed by atoms with Gasteiger partial charge in [0.25, 0.3) is 0 Å². The molecule has 1 aromatic heterocycles. The largest absolute Gasteiger partial charge is 0.357 e. The van der Waals surface area contributed by atoms with Crippen LogP contribution in [0.25, 0.3) is 5.69 Å². The summed E-state index contributed by atoms with van der Waals surface area (Å²) in [5.41, 5.74) is 4.08. The van der Waals surface area contributed by atoms with Crippen LogP contribution in [0.5, 0.6) is 0 Å². The molecule has 0 saturated heterocycles. The zero-order valence-corrected chi connectivity index (χ0v) is 20.0. The zero-order chi connectivity index (χ0) is 19.9. The van der Waals surface area contributed by atoms with Gasteiger partial charge >= 0.3 is 0 Å². The van der Waals surface area contributed by atoms with Gasteiger partial charge in [0, 0.05) is 24.5 Å². The highest BCUT2D eigenvalue weighted by Gasteiger charge is 2.10. The van der Waals surface area contributed by atoms with Gasteiger partial charge in [-0.3, -0.25) is 0 Å². The Hall–Kier alpha value is -1.62. The van der Waals surface area contributed by atoms with Gasteiger partial charge in [-0.05, 0) is 38.5 Å². The average Bonchev–Trinajstić information content (AvgIpc) is 2.98. The van der Waals surface area contributed by atoms with Crippen LogP contribution in [0.2, 0.25) is 0 Å². The van der Waals surface area contributed by atoms with Crippen LogP contribution in [0.4, 0.5) is 0 Å². The summed E-state index contributed by atoms with van der Waals surface area (Å²) >= 11 is 0. The summed E-state index contributed by atoms with van der Waals surface area (Å²) in [5, 5.41) is 10.8. The lowest BCUT2D eigenvalue weighted by atomic mass is 10.2. The summed E-state index contributed by atoms with van der Waals surface area (Å²) in [7, 11) is -3.00. The third-order valence-corrected chi connectivity index (χ3v) is 5.83. The highest BCUT2D eigenvalue weighted by molar-refractivity contribution is 14.0. The number of sulfone groups is 1. The molecule has 9 heteroatoms. The third kappa shape index (κ3) is 7.08. The predicted molar refractivity (Wildman–Crippen MR) is 126 cm³/mol. The summed E-state index contributed by atoms with van der Waals surface area (Å²) < 4.78 is 25.2. The summed E-state index contributed by atoms with van der Waals surface area (Å²) in [6, 6.07) is 10.1. The Labute approximate surface area is 185 Å². The number of rotatable bonds is 8. The Morgan fingerprint density at radius 1 is 1.18 bits per heavy atom. The third-order valence-electron chi connectivity index (χ3n) is 4.13. The molecule has 0 aliphatic rings. The average molecular weight is 519 g/mol. The zero-order valence-electron chi connectivity index (χ0n) is 16.9. The van der Waals surface area contributed by atoms with Crippen molar-refractivity contribution in [2.45, 2.75) is 34.2 Å². The number of halogens is 1. The molecule has 0 amide bonds. The van der Waals surface area contributed by atoms with Crippen molar-refractivity contribution in [1.29, 1.82) is 0 Å². The molecule has 1 aromatic carbocycles. The molecule has 2 N–H and O–H groups in total. The lowest BCUT2D eigenvalue weighted by molar-refractivity contribution is 0.595. The Balaban J connectivity index is 0.00000392. The normalized spacial score (nSPS) is 11.8. The molecule has 0 saturated carbocycles. The maximum absolute atomic E-state index is 11.6. The number of hydrogen-bond donors (Lipinski definition) is 2. The molecule has 0 atom stereocenters. The minimum Gasteiger partial charge on any atom is -0.357 e. The maximum atomic E-state index is 11.6. The predicted octanol–water partition coefficient (Wildman–Crippen LogP) is 2.60. The van der Waals surface area contributed by atoms with Crippen molar-refractivity contribution in [2.24, 2.45) is 4.99 Å². The highest BCUT2D eigenvalue weighted by Crippen LogP contribution is 2.17. The van der Waals surface area contributed by atoms with Crippen LogP contribution in [-0.2, 0) is 16.4 Å². The van der Waals surface area contributed by atoms with Gasteiger partial charge in [-0.2, -0.15) is 5.10 Å². The molecule has 156 valence electrons. The second-order valence-corrected chi connectivity index (χ2v) is 8.80. The van der Waals surface area contributed by atoms with Gasteiger partial charge in [0.05, 0.1) is 23.7 Å². The molecule has 2 aromatic rings. The number of aliphatic imine (C=N–C) groups is 1. The number of aryl methyl sites for hydroxylation is 2. The standard InChI is InChI=1S/C19H29N5O2S.HI/c1-5-20-19(21-11-12-27(25,26)6-2)22-14-17-9-7-8-10-18(17)24-16(4)13-15(3)23-24;/h7-10,13H,5-6,11-12,14H2,1-4H3,(H2,20,21,22);1H. The fourth-order valence-corrected chi connectivity index (χ4v) is 3.40. The van der Waals surface area contributed by atoms with E-state index in [2.05, 4.69) is 20.7 Å². The molecule has 0 unspecified atom stereocenters. The first-order valence-electron chi connectivity index (χ1n) is 9.20. The van der Waals surface area contributed by atoms with Crippen molar-refractivity contribution in [1.82, 2.24) is 20.4 Å². The van der Waals surface area contributed by atoms with Crippen LogP contribution in [-0.4, -0.2) is 48.8 Å². The van der Waals surface area contributed by atoms with Crippen LogP contribution in [0.3, 0.4) is 0 Å². The van der Waals surface area contributed by atoms with E-state index in [4.69, 9.17) is 0 Å². The Morgan fingerprint density at radius 2 is 1.89 bits per heavy atom. The monoisotopic (exact) mass is 519 g/mol. The molecule has 7 nitrogen and oxygen atoms in total. The number of hydrogen-bond acceptors (Lipinski definition) is 4. The molecular formula is C19H30IN5O2S. The minimum atomic E-state index is -3.00. The maximum Gasteiger partial charge on any atom is 0.191 e. The topological polar surface area (TPSA) is 88.4 Å². The van der Waals surface area contributed by atoms with Gasteiger partial charge in [-0.15, -0.1) is 24.0 Å². The number of aromatic nitrogens is 2. The fourth-order valence-electron chi connectivity index (χ4n) is 2.70. The van der Waals surface area contributed by atoms with Crippen LogP contribution in [0.15, 0.2) is 35.3 Å². The Morgan fingerprint density at radius 3 is 2.50 bits per heavy atom. The number of para-hydroxylation sites is 1. The Bertz CT molecular complexity index is 893. The molecule has 0 bridgehead atoms. The van der Waals surface area contributed by atoms with Crippen LogP contribution in [0.1, 0.15) is 30.8 Å². The number of nitrogens with zero attached hydrogens (tertiary/aromatic N) is 3. The van der Waals surface area contributed by atoms with Gasteiger partial charge in [0.1, 0.15) is 0 Å². The van der Waals surface area contributed by atoms with E-state index in [1.165, 1.54) is 0 Å². The lowest BCUT2D eigenvalue weighted by Gasteiger charge is -2.13. The summed E-state index contributed by atoms with van der Waals surface area (Å²) in [4.78, 5) is 4.61. The van der Waals surface area contributed by atoms with E-state index in [-0.39, 0.29) is 35.5 Å². The SMILES string of the molecule is CCNC(=NCc1ccccc1-n1nc(C)cc1C)NCCS(=O)(=O)CC.I. The second kappa shape index (κ2) is 11.4. The quantitative estimate of drug-likeness (QED) is 0.318. The molecule has 0 aliphatic carbocycles. The van der Waals surface area contributed by atoms with Crippen molar-refractivity contribution in [3.63, 3.8) is 0 Å². The van der Waals surface area contributed by atoms with Gasteiger partial charge in [0.15, 0.2) is 15.8 Å². The summed E-state index contributed by atoms with van der Waals surface area (Å²) in [6.45, 7) is 9.13. The number of nitrogens with one attached hydrogen (secondary N) is 2. The van der Waals surface area contributed by atoms with E-state index < -0.39 is 9.84 Å². The van der Waals surface area contributed by atoms with E-state index in [1.807, 2.05) is 55.8 Å². The number of benzene rings is 1. The van der Waals surface area contributed by atoms with Gasteiger partial charge in [-0.25, -0.2) is 18.1 Å². The molecule has 0 fully saturated rings. The van der Waals surface area contributed by atoms with Crippen LogP contribution in [0, 0.1) is 13.8 Å². The molecule has 0 aliphatic heterocycles. The molecule has 0 spiro atoms. The first-order valence-corrected chi connectivity index (χ1v) is 11.0. The van der Waals surface area contributed by atoms with Crippen molar-refractivity contribution in [2.75, 3.05) is 24.6 Å². The van der Waals surface area contributed by atoms with Gasteiger partial charge in [-0.1, -0.05) is 25.1 Å². The van der Waals surface area contributed by atoms with E-state index in [9.17, 15) is 8.42 Å². The lowest BCUT2D eigenvalue weighted by Crippen LogP contribution is -2.39. The molecule has 1 heterocycles. The summed E-state index contributed by atoms with van der Waals surface area (Å²) in [5.74, 6) is 0.848. The van der Waals surface area contributed by atoms with Gasteiger partial charge < -0.3 is 10.6 Å². The van der Waals surface area contributed by atoms with Crippen LogP contribution < -0.4 is 10.6 Å². The molecule has 0 radical (unpaired) electrons. The second-order valence-electron chi connectivity index (χ2n) is 6.33. The molecule has 28 heavy (non-hydrogen) atoms. The van der Waals surface area contributed by atoms with E-state index >= 15 is 0 Å². The van der Waals surface area contributed by atoms with Crippen molar-refractivity contribution in [3.05, 3.63) is 47.3 Å². The van der Waals surface area contributed by atoms with Crippen molar-refractivity contribution in [3.8, 4) is 5.69 Å². The number of guanidine groups is 1. The smallest absolute Gasteiger partial charge is 0.191 e. The first kappa shape index (κ1) is 24.4. The molecular weight excluding hydrogens is 489 g/mol. The van der Waals surface area contributed by atoms with Crippen LogP contribution >= 0.6 is 24.0 Å². The summed E-state index contributed by atoms with van der Waals surface area (Å²) in [6.07, 6.45) is 0. The van der Waals surface area contributed by atoms with E-state index in [0.29, 0.717) is 25.6 Å².